The number of aromatic nitrogens is 2. The van der Waals surface area contributed by atoms with Crippen molar-refractivity contribution in [2.75, 3.05) is 19.8 Å². The van der Waals surface area contributed by atoms with Gasteiger partial charge in [0.15, 0.2) is 0 Å². The maximum atomic E-state index is 12.5. The minimum atomic E-state index is -0.513. The lowest BCUT2D eigenvalue weighted by Gasteiger charge is -2.34. The highest BCUT2D eigenvalue weighted by Crippen LogP contribution is 2.29. The van der Waals surface area contributed by atoms with Crippen LogP contribution in [0.25, 0.3) is 5.65 Å². The van der Waals surface area contributed by atoms with E-state index in [1.807, 2.05) is 16.7 Å². The van der Waals surface area contributed by atoms with Crippen molar-refractivity contribution in [2.24, 2.45) is 11.1 Å². The van der Waals surface area contributed by atoms with Crippen LogP contribution >= 0.6 is 11.6 Å². The molecule has 0 aliphatic carbocycles. The number of fused-ring (bicyclic) bond motifs is 1. The highest BCUT2D eigenvalue weighted by Gasteiger charge is 2.38. The summed E-state index contributed by atoms with van der Waals surface area (Å²) in [6, 6.07) is 3.63. The summed E-state index contributed by atoms with van der Waals surface area (Å²) in [4.78, 5) is 16.9. The summed E-state index contributed by atoms with van der Waals surface area (Å²) in [7, 11) is 0. The molecule has 118 valence electrons. The van der Waals surface area contributed by atoms with Gasteiger partial charge in [0.1, 0.15) is 5.65 Å². The number of amides is 1. The monoisotopic (exact) mass is 322 g/mol. The number of carbonyl (C=O) groups is 1. The Morgan fingerprint density at radius 1 is 1.41 bits per heavy atom. The van der Waals surface area contributed by atoms with Crippen LogP contribution in [0.1, 0.15) is 18.5 Å². The third-order valence-electron chi connectivity index (χ3n) is 4.22. The summed E-state index contributed by atoms with van der Waals surface area (Å²) >= 11 is 5.95. The van der Waals surface area contributed by atoms with Crippen molar-refractivity contribution in [1.29, 1.82) is 0 Å². The van der Waals surface area contributed by atoms with Crippen molar-refractivity contribution in [2.45, 2.75) is 19.4 Å². The summed E-state index contributed by atoms with van der Waals surface area (Å²) < 4.78 is 7.17. The zero-order valence-corrected chi connectivity index (χ0v) is 13.0. The number of nitrogens with one attached hydrogen (secondary N) is 1. The van der Waals surface area contributed by atoms with Crippen LogP contribution in [0.2, 0.25) is 5.02 Å². The molecule has 6 nitrogen and oxygen atoms in total. The number of nitrogens with zero attached hydrogens (tertiary/aromatic N) is 2. The second-order valence-corrected chi connectivity index (χ2v) is 6.06. The summed E-state index contributed by atoms with van der Waals surface area (Å²) in [5, 5.41) is 3.60. The average Bonchev–Trinajstić information content (AvgIpc) is 2.95. The lowest BCUT2D eigenvalue weighted by Crippen LogP contribution is -2.49. The van der Waals surface area contributed by atoms with Crippen molar-refractivity contribution >= 4 is 23.2 Å². The number of hydrogen-bond acceptors (Lipinski definition) is 4. The molecule has 2 aromatic rings. The van der Waals surface area contributed by atoms with E-state index >= 15 is 0 Å². The maximum absolute atomic E-state index is 12.5. The van der Waals surface area contributed by atoms with Gasteiger partial charge in [-0.05, 0) is 25.0 Å². The fourth-order valence-corrected chi connectivity index (χ4v) is 2.91. The van der Waals surface area contributed by atoms with Crippen LogP contribution in [-0.4, -0.2) is 35.1 Å². The predicted molar refractivity (Wildman–Crippen MR) is 83.6 cm³/mol. The Kier molecular flexibility index (Phi) is 4.33. The number of imidazole rings is 1. The highest BCUT2D eigenvalue weighted by molar-refractivity contribution is 6.30. The van der Waals surface area contributed by atoms with Gasteiger partial charge in [0, 0.05) is 32.2 Å². The van der Waals surface area contributed by atoms with E-state index in [-0.39, 0.29) is 5.91 Å². The standard InChI is InChI=1S/C15H19ClN4O2/c16-11-1-2-13-19-12(9-20(13)8-11)7-18-14(21)15(10-17)3-5-22-6-4-15/h1-2,8-9H,3-7,10,17H2,(H,18,21). The van der Waals surface area contributed by atoms with Gasteiger partial charge < -0.3 is 20.2 Å². The molecule has 3 rings (SSSR count). The van der Waals surface area contributed by atoms with Crippen molar-refractivity contribution in [1.82, 2.24) is 14.7 Å². The molecule has 0 radical (unpaired) electrons. The Hall–Kier alpha value is -1.63. The van der Waals surface area contributed by atoms with Crippen LogP contribution in [0.5, 0.6) is 0 Å². The molecule has 3 heterocycles. The number of halogens is 1. The normalized spacial score (nSPS) is 17.5. The molecule has 0 unspecified atom stereocenters. The maximum Gasteiger partial charge on any atom is 0.227 e. The van der Waals surface area contributed by atoms with Crippen LogP contribution in [0.4, 0.5) is 0 Å². The fourth-order valence-electron chi connectivity index (χ4n) is 2.75. The molecule has 3 N–H and O–H groups in total. The molecular weight excluding hydrogens is 304 g/mol. The molecule has 7 heteroatoms. The van der Waals surface area contributed by atoms with Gasteiger partial charge in [-0.25, -0.2) is 4.98 Å². The van der Waals surface area contributed by atoms with E-state index < -0.39 is 5.41 Å². The van der Waals surface area contributed by atoms with Crippen LogP contribution in [0, 0.1) is 5.41 Å². The summed E-state index contributed by atoms with van der Waals surface area (Å²) in [6.45, 7) is 1.87. The first-order chi connectivity index (χ1) is 10.6. The first-order valence-electron chi connectivity index (χ1n) is 7.32. The van der Waals surface area contributed by atoms with Gasteiger partial charge in [0.2, 0.25) is 5.91 Å². The smallest absolute Gasteiger partial charge is 0.227 e. The fraction of sp³-hybridized carbons (Fsp3) is 0.467. The molecule has 1 aliphatic rings. The number of hydrogen-bond donors (Lipinski definition) is 2. The SMILES string of the molecule is NCC1(C(=O)NCc2cn3cc(Cl)ccc3n2)CCOCC1. The lowest BCUT2D eigenvalue weighted by molar-refractivity contribution is -0.136. The Bertz CT molecular complexity index is 679. The second kappa shape index (κ2) is 6.24. The minimum absolute atomic E-state index is 0.0200. The largest absolute Gasteiger partial charge is 0.381 e. The Morgan fingerprint density at radius 3 is 2.91 bits per heavy atom. The summed E-state index contributed by atoms with van der Waals surface area (Å²) in [5.41, 5.74) is 6.91. The van der Waals surface area contributed by atoms with Crippen LogP contribution < -0.4 is 11.1 Å². The number of nitrogens with two attached hydrogens (primary N) is 1. The molecule has 1 amide bonds. The van der Waals surface area contributed by atoms with Gasteiger partial charge >= 0.3 is 0 Å². The van der Waals surface area contributed by atoms with Crippen molar-refractivity contribution in [3.05, 3.63) is 35.2 Å². The molecule has 0 spiro atoms. The number of carbonyl (C=O) groups excluding carboxylic acids is 1. The predicted octanol–water partition coefficient (Wildman–Crippen LogP) is 1.36. The molecular formula is C15H19ClN4O2. The van der Waals surface area contributed by atoms with Crippen molar-refractivity contribution in [3.63, 3.8) is 0 Å². The summed E-state index contributed by atoms with van der Waals surface area (Å²) in [6.07, 6.45) is 4.97. The molecule has 1 fully saturated rings. The van der Waals surface area contributed by atoms with Crippen LogP contribution in [-0.2, 0) is 16.1 Å². The van der Waals surface area contributed by atoms with Gasteiger partial charge in [0.05, 0.1) is 22.7 Å². The van der Waals surface area contributed by atoms with Gasteiger partial charge in [0.25, 0.3) is 0 Å². The summed E-state index contributed by atoms with van der Waals surface area (Å²) in [5.74, 6) is -0.0200. The van der Waals surface area contributed by atoms with Crippen LogP contribution in [0.15, 0.2) is 24.5 Å². The topological polar surface area (TPSA) is 81.7 Å². The van der Waals surface area contributed by atoms with Gasteiger partial charge in [-0.1, -0.05) is 11.6 Å². The zero-order chi connectivity index (χ0) is 15.6. The van der Waals surface area contributed by atoms with E-state index in [9.17, 15) is 4.79 Å². The Morgan fingerprint density at radius 2 is 2.18 bits per heavy atom. The van der Waals surface area contributed by atoms with Gasteiger partial charge in [-0.15, -0.1) is 0 Å². The van der Waals surface area contributed by atoms with E-state index in [2.05, 4.69) is 10.3 Å². The van der Waals surface area contributed by atoms with E-state index in [1.54, 1.807) is 12.3 Å². The average molecular weight is 323 g/mol. The van der Waals surface area contributed by atoms with Gasteiger partial charge in [-0.3, -0.25) is 4.79 Å². The molecule has 0 atom stereocenters. The first-order valence-corrected chi connectivity index (χ1v) is 7.70. The Balaban J connectivity index is 1.68. The highest BCUT2D eigenvalue weighted by atomic mass is 35.5. The molecule has 1 aliphatic heterocycles. The van der Waals surface area contributed by atoms with E-state index in [1.165, 1.54) is 0 Å². The first kappa shape index (κ1) is 15.3. The van der Waals surface area contributed by atoms with Crippen LogP contribution in [0.3, 0.4) is 0 Å². The number of rotatable bonds is 4. The second-order valence-electron chi connectivity index (χ2n) is 5.62. The molecule has 0 aromatic carbocycles. The third-order valence-corrected chi connectivity index (χ3v) is 4.44. The lowest BCUT2D eigenvalue weighted by atomic mass is 9.79. The molecule has 0 bridgehead atoms. The van der Waals surface area contributed by atoms with Crippen molar-refractivity contribution < 1.29 is 9.53 Å². The minimum Gasteiger partial charge on any atom is -0.381 e. The number of pyridine rings is 1. The quantitative estimate of drug-likeness (QED) is 0.890. The molecule has 0 saturated carbocycles. The number of ether oxygens (including phenoxy) is 1. The third kappa shape index (κ3) is 2.95. The molecule has 22 heavy (non-hydrogen) atoms. The molecule has 2 aromatic heterocycles. The molecule has 1 saturated heterocycles. The van der Waals surface area contributed by atoms with Crippen molar-refractivity contribution in [3.8, 4) is 0 Å². The Labute approximate surface area is 133 Å². The van der Waals surface area contributed by atoms with E-state index in [0.29, 0.717) is 44.2 Å². The van der Waals surface area contributed by atoms with Gasteiger partial charge in [-0.2, -0.15) is 0 Å². The van der Waals surface area contributed by atoms with E-state index in [0.717, 1.165) is 11.3 Å². The zero-order valence-electron chi connectivity index (χ0n) is 12.2. The van der Waals surface area contributed by atoms with E-state index in [4.69, 9.17) is 22.1 Å².